The number of nitrogens with zero attached hydrogens (tertiary/aromatic N) is 3. The number of aromatic nitrogens is 3. The van der Waals surface area contributed by atoms with E-state index in [1.807, 2.05) is 6.92 Å². The summed E-state index contributed by atoms with van der Waals surface area (Å²) in [4.78, 5) is 11.2. The van der Waals surface area contributed by atoms with Gasteiger partial charge < -0.3 is 5.11 Å². The molecule has 5 nitrogen and oxygen atoms in total. The Morgan fingerprint density at radius 1 is 1.56 bits per heavy atom. The van der Waals surface area contributed by atoms with Crippen LogP contribution in [0.4, 0.5) is 0 Å². The Kier molecular flexibility index (Phi) is 3.86. The number of rotatable bonds is 5. The molecule has 96 valence electrons. The molecule has 1 aromatic carbocycles. The maximum Gasteiger partial charge on any atom is 0.337 e. The largest absolute Gasteiger partial charge is 0.478 e. The highest BCUT2D eigenvalue weighted by Gasteiger charge is 2.17. The number of carbonyl (C=O) groups is 1. The molecule has 1 unspecified atom stereocenters. The van der Waals surface area contributed by atoms with E-state index in [1.165, 1.54) is 0 Å². The number of aromatic carboxylic acids is 1. The van der Waals surface area contributed by atoms with Crippen molar-refractivity contribution in [3.8, 4) is 0 Å². The van der Waals surface area contributed by atoms with E-state index in [9.17, 15) is 9.90 Å². The smallest absolute Gasteiger partial charge is 0.337 e. The predicted octanol–water partition coefficient (Wildman–Crippen LogP) is 2.44. The molecule has 0 radical (unpaired) electrons. The van der Waals surface area contributed by atoms with Gasteiger partial charge in [-0.25, -0.2) is 9.48 Å². The van der Waals surface area contributed by atoms with Gasteiger partial charge in [0, 0.05) is 0 Å². The lowest BCUT2D eigenvalue weighted by atomic mass is 10.1. The quantitative estimate of drug-likeness (QED) is 0.899. The van der Waals surface area contributed by atoms with E-state index in [0.717, 1.165) is 12.2 Å². The molecule has 2 aromatic rings. The molecule has 0 bridgehead atoms. The molecule has 1 aromatic heterocycles. The lowest BCUT2D eigenvalue weighted by Gasteiger charge is -2.12. The fourth-order valence-corrected chi connectivity index (χ4v) is 2.46. The van der Waals surface area contributed by atoms with Gasteiger partial charge in [0.25, 0.3) is 0 Å². The number of hydrogen-bond donors (Lipinski definition) is 1. The minimum absolute atomic E-state index is 0.142. The molecule has 18 heavy (non-hydrogen) atoms. The van der Waals surface area contributed by atoms with Crippen LogP contribution in [-0.2, 0) is 0 Å². The Hall–Kier alpha value is -1.56. The van der Waals surface area contributed by atoms with E-state index in [4.69, 9.17) is 0 Å². The van der Waals surface area contributed by atoms with Gasteiger partial charge in [0.05, 0.1) is 11.6 Å². The normalized spacial score (nSPS) is 12.8. The Bertz CT molecular complexity index is 567. The first-order valence-electron chi connectivity index (χ1n) is 5.71. The van der Waals surface area contributed by atoms with Crippen molar-refractivity contribution < 1.29 is 9.90 Å². The molecule has 0 aliphatic rings. The molecule has 1 heterocycles. The van der Waals surface area contributed by atoms with Crippen LogP contribution in [0.2, 0.25) is 0 Å². The standard InChI is InChI=1S/C12H15N3O2S/c1-8(6-7-18-2)15-11-9(12(16)17)4-3-5-10(11)13-14-15/h3-5,8H,6-7H2,1-2H3,(H,16,17). The summed E-state index contributed by atoms with van der Waals surface area (Å²) in [6.45, 7) is 2.03. The highest BCUT2D eigenvalue weighted by atomic mass is 32.2. The summed E-state index contributed by atoms with van der Waals surface area (Å²) in [6.07, 6.45) is 2.99. The van der Waals surface area contributed by atoms with Crippen molar-refractivity contribution in [3.05, 3.63) is 23.8 Å². The highest BCUT2D eigenvalue weighted by Crippen LogP contribution is 2.22. The van der Waals surface area contributed by atoms with E-state index in [-0.39, 0.29) is 11.6 Å². The SMILES string of the molecule is CSCCC(C)n1nnc2cccc(C(=O)O)c21. The summed E-state index contributed by atoms with van der Waals surface area (Å²) in [6, 6.07) is 5.21. The third-order valence-corrected chi connectivity index (χ3v) is 3.52. The van der Waals surface area contributed by atoms with Crippen molar-refractivity contribution in [2.75, 3.05) is 12.0 Å². The zero-order valence-corrected chi connectivity index (χ0v) is 11.1. The Morgan fingerprint density at radius 3 is 3.00 bits per heavy atom. The maximum atomic E-state index is 11.2. The molecule has 1 N–H and O–H groups in total. The topological polar surface area (TPSA) is 68.0 Å². The van der Waals surface area contributed by atoms with Crippen LogP contribution in [0.25, 0.3) is 11.0 Å². The van der Waals surface area contributed by atoms with Crippen LogP contribution >= 0.6 is 11.8 Å². The number of benzene rings is 1. The van der Waals surface area contributed by atoms with E-state index in [0.29, 0.717) is 11.0 Å². The maximum absolute atomic E-state index is 11.2. The van der Waals surface area contributed by atoms with E-state index >= 15 is 0 Å². The molecule has 0 saturated heterocycles. The summed E-state index contributed by atoms with van der Waals surface area (Å²) in [5.74, 6) is 0.0683. The zero-order valence-electron chi connectivity index (χ0n) is 10.3. The summed E-state index contributed by atoms with van der Waals surface area (Å²) in [5.41, 5.74) is 1.50. The number of fused-ring (bicyclic) bond motifs is 1. The van der Waals surface area contributed by atoms with Gasteiger partial charge in [0.1, 0.15) is 11.0 Å². The molecule has 1 atom stereocenters. The summed E-state index contributed by atoms with van der Waals surface area (Å²) < 4.78 is 1.72. The number of carboxylic acid groups (broad SMARTS) is 1. The van der Waals surface area contributed by atoms with E-state index < -0.39 is 5.97 Å². The van der Waals surface area contributed by atoms with Gasteiger partial charge in [0.15, 0.2) is 0 Å². The molecule has 0 fully saturated rings. The van der Waals surface area contributed by atoms with E-state index in [1.54, 1.807) is 34.6 Å². The predicted molar refractivity (Wildman–Crippen MR) is 72.2 cm³/mol. The van der Waals surface area contributed by atoms with Crippen LogP contribution in [0.5, 0.6) is 0 Å². The third kappa shape index (κ3) is 2.33. The second-order valence-corrected chi connectivity index (χ2v) is 5.13. The van der Waals surface area contributed by atoms with Gasteiger partial charge in [-0.15, -0.1) is 5.10 Å². The first-order valence-corrected chi connectivity index (χ1v) is 7.10. The Labute approximate surface area is 109 Å². The molecule has 0 spiro atoms. The first kappa shape index (κ1) is 12.9. The van der Waals surface area contributed by atoms with Crippen molar-refractivity contribution in [1.29, 1.82) is 0 Å². The number of para-hydroxylation sites is 1. The second kappa shape index (κ2) is 5.39. The molecule has 6 heteroatoms. The lowest BCUT2D eigenvalue weighted by molar-refractivity contribution is 0.0698. The minimum atomic E-state index is -0.943. The molecule has 0 aliphatic carbocycles. The fraction of sp³-hybridized carbons (Fsp3) is 0.417. The summed E-state index contributed by atoms with van der Waals surface area (Å²) >= 11 is 1.77. The lowest BCUT2D eigenvalue weighted by Crippen LogP contribution is -2.10. The number of hydrogen-bond acceptors (Lipinski definition) is 4. The summed E-state index contributed by atoms with van der Waals surface area (Å²) in [7, 11) is 0. The van der Waals surface area contributed by atoms with Gasteiger partial charge in [0.2, 0.25) is 0 Å². The van der Waals surface area contributed by atoms with Gasteiger partial charge in [-0.3, -0.25) is 0 Å². The Balaban J connectivity index is 2.48. The average molecular weight is 265 g/mol. The van der Waals surface area contributed by atoms with Gasteiger partial charge in [-0.05, 0) is 37.5 Å². The van der Waals surface area contributed by atoms with Crippen molar-refractivity contribution >= 4 is 28.8 Å². The van der Waals surface area contributed by atoms with Crippen LogP contribution in [0.15, 0.2) is 18.2 Å². The second-order valence-electron chi connectivity index (χ2n) is 4.14. The van der Waals surface area contributed by atoms with E-state index in [2.05, 4.69) is 16.6 Å². The van der Waals surface area contributed by atoms with Gasteiger partial charge >= 0.3 is 5.97 Å². The van der Waals surface area contributed by atoms with Crippen LogP contribution < -0.4 is 0 Å². The minimum Gasteiger partial charge on any atom is -0.478 e. The van der Waals surface area contributed by atoms with Crippen LogP contribution in [0, 0.1) is 0 Å². The zero-order chi connectivity index (χ0) is 13.1. The van der Waals surface area contributed by atoms with Crippen LogP contribution in [0.1, 0.15) is 29.7 Å². The van der Waals surface area contributed by atoms with Crippen molar-refractivity contribution in [3.63, 3.8) is 0 Å². The first-order chi connectivity index (χ1) is 8.65. The fourth-order valence-electron chi connectivity index (χ4n) is 1.89. The number of carboxylic acids is 1. The monoisotopic (exact) mass is 265 g/mol. The van der Waals surface area contributed by atoms with Crippen LogP contribution in [-0.4, -0.2) is 38.1 Å². The summed E-state index contributed by atoms with van der Waals surface area (Å²) in [5, 5.41) is 17.3. The Morgan fingerprint density at radius 2 is 2.33 bits per heavy atom. The molecular formula is C12H15N3O2S. The van der Waals surface area contributed by atoms with Crippen molar-refractivity contribution in [2.24, 2.45) is 0 Å². The van der Waals surface area contributed by atoms with Crippen molar-refractivity contribution in [1.82, 2.24) is 15.0 Å². The van der Waals surface area contributed by atoms with Gasteiger partial charge in [-0.1, -0.05) is 11.3 Å². The average Bonchev–Trinajstić information content (AvgIpc) is 2.79. The van der Waals surface area contributed by atoms with Crippen LogP contribution in [0.3, 0.4) is 0 Å². The number of thioether (sulfide) groups is 1. The molecule has 0 aliphatic heterocycles. The van der Waals surface area contributed by atoms with Crippen molar-refractivity contribution in [2.45, 2.75) is 19.4 Å². The molecule has 2 rings (SSSR count). The molecular weight excluding hydrogens is 250 g/mol. The highest BCUT2D eigenvalue weighted by molar-refractivity contribution is 7.98. The third-order valence-electron chi connectivity index (χ3n) is 2.88. The molecule has 0 saturated carbocycles. The van der Waals surface area contributed by atoms with Gasteiger partial charge in [-0.2, -0.15) is 11.8 Å². The molecule has 0 amide bonds.